The van der Waals surface area contributed by atoms with E-state index in [2.05, 4.69) is 13.7 Å². The molecule has 1 amide bonds. The maximum absolute atomic E-state index is 12.9. The first kappa shape index (κ1) is 75.5. The van der Waals surface area contributed by atoms with Crippen molar-refractivity contribution in [1.82, 2.24) is 14.8 Å². The molecule has 6 rings (SSSR count). The first-order valence-electron chi connectivity index (χ1n) is 25.3. The zero-order valence-electron chi connectivity index (χ0n) is 45.2. The van der Waals surface area contributed by atoms with E-state index in [0.29, 0.717) is 0 Å². The number of hydrogen-bond donors (Lipinski definition) is 21. The van der Waals surface area contributed by atoms with Gasteiger partial charge in [-0.15, -0.1) is 0 Å². The van der Waals surface area contributed by atoms with Gasteiger partial charge in [0.25, 0.3) is 0 Å². The van der Waals surface area contributed by atoms with E-state index in [9.17, 15) is 143 Å². The summed E-state index contributed by atoms with van der Waals surface area (Å²) in [6, 6.07) is -6.98. The van der Waals surface area contributed by atoms with Gasteiger partial charge in [-0.3, -0.25) is 23.0 Å². The molecule has 0 aliphatic carbocycles. The highest BCUT2D eigenvalue weighted by atomic mass is 32.3. The Morgan fingerprint density at radius 3 is 1.08 bits per heavy atom. The molecule has 21 N–H and O–H groups in total. The second-order valence-corrected chi connectivity index (χ2v) is 24.7. The average Bonchev–Trinajstić information content (AvgIpc) is 0.852. The Labute approximate surface area is 504 Å². The Bertz CT molecular complexity index is 2950. The van der Waals surface area contributed by atoms with Gasteiger partial charge in [-0.1, -0.05) is 0 Å². The highest BCUT2D eigenvalue weighted by molar-refractivity contribution is 7.84. The van der Waals surface area contributed by atoms with Crippen LogP contribution in [0, 0.1) is 0 Å². The van der Waals surface area contributed by atoms with Gasteiger partial charge in [-0.05, 0) is 0 Å². The summed E-state index contributed by atoms with van der Waals surface area (Å²) >= 11 is 0. The normalized spacial score (nSPS) is 43.3. The third-order valence-electron chi connectivity index (χ3n) is 14.0. The van der Waals surface area contributed by atoms with Crippen LogP contribution in [0.2, 0.25) is 0 Å². The van der Waals surface area contributed by atoms with Gasteiger partial charge in [0.15, 0.2) is 56.1 Å². The van der Waals surface area contributed by atoms with Crippen molar-refractivity contribution in [2.24, 2.45) is 0 Å². The molecule has 0 radical (unpaired) electrons. The molecule has 522 valence electrons. The molecule has 0 unspecified atom stereocenters. The third-order valence-corrected chi connectivity index (χ3v) is 16.0. The van der Waals surface area contributed by atoms with E-state index in [1.165, 1.54) is 9.44 Å². The molecule has 30 atom stereocenters. The summed E-state index contributed by atoms with van der Waals surface area (Å²) in [6.45, 7) is -3.25. The molecule has 6 fully saturated rings. The minimum Gasteiger partial charge on any atom is -0.479 e. The van der Waals surface area contributed by atoms with Gasteiger partial charge in [0.05, 0.1) is 19.8 Å². The molecule has 0 aromatic rings. The minimum atomic E-state index is -5.75. The molecule has 6 aliphatic rings. The molecule has 0 bridgehead atoms. The predicted octanol–water partition coefficient (Wildman–Crippen LogP) is -14.6. The second-order valence-electron chi connectivity index (χ2n) is 20.1. The zero-order chi connectivity index (χ0) is 67.8. The maximum Gasteiger partial charge on any atom is 0.397 e. The Balaban J connectivity index is 1.29. The fourth-order valence-corrected chi connectivity index (χ4v) is 11.7. The molecule has 90 heavy (non-hydrogen) atoms. The SMILES string of the molecule is CO[C@@H]1O[C@H](CO)[C@@H](O)[C@H](O[C@@H]2O[C@H](C(=O)O)[C@@H](O[C@H]3O[C@H](COS(=O)(=O)O)[C@@H](O[C@@H]4O[C@H](C(=O)O)[C@@H](O[C@H]5O[C@H](COS(=O)(=O)O)[C@@H](O[C@@H]6O[C@H](C(=O)O)[C@@H](O)[C@H](O)[C@H]6O)[C@H](O)[C@H]5NS(=O)(=O)O)[C@H](O)[C@H]4O)[C@H](O)[C@H]3NS(=O)(=O)O)[C@H](O)[C@H]2O)[C@H]1NC(C)=O. The number of aliphatic hydroxyl groups excluding tert-OH is 11. The van der Waals surface area contributed by atoms with E-state index in [0.717, 1.165) is 14.0 Å². The quantitative estimate of drug-likeness (QED) is 0.0358. The Hall–Kier alpha value is -3.56. The van der Waals surface area contributed by atoms with E-state index in [1.807, 2.05) is 0 Å². The summed E-state index contributed by atoms with van der Waals surface area (Å²) in [6.07, 6.45) is -67.9. The van der Waals surface area contributed by atoms with E-state index in [-0.39, 0.29) is 0 Å². The van der Waals surface area contributed by atoms with Gasteiger partial charge < -0.3 is 134 Å². The molecule has 6 aliphatic heterocycles. The number of carbonyl (C=O) groups is 4. The fourth-order valence-electron chi connectivity index (χ4n) is 9.94. The van der Waals surface area contributed by atoms with Gasteiger partial charge in [-0.2, -0.15) is 43.1 Å². The largest absolute Gasteiger partial charge is 0.479 e. The van der Waals surface area contributed by atoms with Crippen molar-refractivity contribution < 1.29 is 208 Å². The van der Waals surface area contributed by atoms with Crippen LogP contribution in [0.3, 0.4) is 0 Å². The topological polar surface area (TPSA) is 734 Å². The van der Waals surface area contributed by atoms with Crippen molar-refractivity contribution in [3.63, 3.8) is 0 Å². The van der Waals surface area contributed by atoms with Crippen LogP contribution in [-0.2, 0) is 126 Å². The van der Waals surface area contributed by atoms with Crippen LogP contribution in [0.1, 0.15) is 6.92 Å². The Morgan fingerprint density at radius 2 is 0.744 bits per heavy atom. The number of carboxylic acid groups (broad SMARTS) is 3. The molecule has 47 nitrogen and oxygen atoms in total. The van der Waals surface area contributed by atoms with Gasteiger partial charge in [-0.25, -0.2) is 22.7 Å². The lowest BCUT2D eigenvalue weighted by atomic mass is 9.94. The third kappa shape index (κ3) is 18.5. The van der Waals surface area contributed by atoms with Gasteiger partial charge in [0, 0.05) is 14.0 Å². The molecule has 51 heteroatoms. The summed E-state index contributed by atoms with van der Waals surface area (Å²) in [7, 11) is -21.7. The number of aliphatic carboxylic acids is 3. The van der Waals surface area contributed by atoms with E-state index < -0.39 is 269 Å². The number of methoxy groups -OCH3 is 1. The number of rotatable bonds is 26. The van der Waals surface area contributed by atoms with Crippen LogP contribution >= 0.6 is 0 Å². The number of hydrogen-bond acceptors (Lipinski definition) is 37. The van der Waals surface area contributed by atoms with Crippen molar-refractivity contribution in [2.45, 2.75) is 191 Å². The first-order chi connectivity index (χ1) is 41.5. The molecule has 0 spiro atoms. The fraction of sp³-hybridized carbons (Fsp3) is 0.897. The molecule has 0 saturated carbocycles. The molecular weight excluding hydrogens is 1340 g/mol. The summed E-state index contributed by atoms with van der Waals surface area (Å²) in [5, 5.41) is 154. The van der Waals surface area contributed by atoms with E-state index >= 15 is 0 Å². The van der Waals surface area contributed by atoms with Crippen LogP contribution < -0.4 is 14.8 Å². The monoisotopic (exact) mass is 1410 g/mol. The van der Waals surface area contributed by atoms with E-state index in [1.54, 1.807) is 0 Å². The Morgan fingerprint density at radius 1 is 0.400 bits per heavy atom. The lowest BCUT2D eigenvalue weighted by Gasteiger charge is -2.50. The molecular formula is C39H63N3O44S4. The standard InChI is InChI=1S/C39H63N3O44S4/c1-6(44)40-12-25(13(45)7(3-43)76-34(12)73-2)81-39-22(54)19(51)27(30(86-39)33(59)60)83-36-11(42-88(64,65)66)15(47)24(9(78-36)5-75-90(70,71)72)80-38-21(53)18(50)26(29(85-38)32(57)58)82-35-10(41-87(61,62)63)14(46)23(8(77-35)4-74-89(67,68)69)79-37-20(52)16(48)17(49)28(84-37)31(55)56/h7-30,34-39,41-43,45-54H,3-5H2,1-2H3,(H,40,44)(H,55,56)(H,57,58)(H,59,60)(H,61,62,63)(H,64,65,66)(H,67,68,69)(H,70,71,72)/t7-,8-,9-,10-,11-,12-,13-,14-,15-,16+,17+,18-,19-,20-,21-,22-,23-,24-,25-,26+,27+,28+,29+,30+,34-,35-,36-,37-,38-,39-/m1/s1. The van der Waals surface area contributed by atoms with Gasteiger partial charge in [0.2, 0.25) is 5.91 Å². The smallest absolute Gasteiger partial charge is 0.397 e. The van der Waals surface area contributed by atoms with Crippen LogP contribution in [0.25, 0.3) is 0 Å². The first-order valence-corrected chi connectivity index (χ1v) is 30.9. The number of nitrogens with one attached hydrogen (secondary N) is 3. The summed E-state index contributed by atoms with van der Waals surface area (Å²) < 4.78 is 211. The second kappa shape index (κ2) is 30.0. The number of carboxylic acids is 3. The highest BCUT2D eigenvalue weighted by Gasteiger charge is 2.60. The summed E-state index contributed by atoms with van der Waals surface area (Å²) in [5.74, 6) is -7.27. The molecule has 0 aromatic heterocycles. The van der Waals surface area contributed by atoms with Crippen LogP contribution in [-0.4, -0.2) is 358 Å². The minimum absolute atomic E-state index is 0.809. The maximum atomic E-state index is 12.9. The van der Waals surface area contributed by atoms with Crippen molar-refractivity contribution >= 4 is 65.2 Å². The Kier molecular flexibility index (Phi) is 25.2. The van der Waals surface area contributed by atoms with Crippen LogP contribution in [0.5, 0.6) is 0 Å². The number of aliphatic hydroxyl groups is 11. The molecule has 6 heterocycles. The van der Waals surface area contributed by atoms with Gasteiger partial charge >= 0.3 is 59.3 Å². The lowest BCUT2D eigenvalue weighted by Crippen LogP contribution is -2.71. The van der Waals surface area contributed by atoms with Gasteiger partial charge in [0.1, 0.15) is 128 Å². The van der Waals surface area contributed by atoms with Crippen molar-refractivity contribution in [3.8, 4) is 0 Å². The zero-order valence-corrected chi connectivity index (χ0v) is 48.5. The summed E-state index contributed by atoms with van der Waals surface area (Å²) in [5.41, 5.74) is 0. The van der Waals surface area contributed by atoms with Crippen LogP contribution in [0.4, 0.5) is 0 Å². The average molecular weight is 1410 g/mol. The molecule has 6 saturated heterocycles. The number of amides is 1. The highest BCUT2D eigenvalue weighted by Crippen LogP contribution is 2.38. The number of carbonyl (C=O) groups excluding carboxylic acids is 1. The lowest BCUT2D eigenvalue weighted by molar-refractivity contribution is -0.377. The van der Waals surface area contributed by atoms with Crippen LogP contribution in [0.15, 0.2) is 0 Å². The van der Waals surface area contributed by atoms with E-state index in [4.69, 9.17) is 56.8 Å². The summed E-state index contributed by atoms with van der Waals surface area (Å²) in [4.78, 5) is 49.6. The van der Waals surface area contributed by atoms with Crippen molar-refractivity contribution in [1.29, 1.82) is 0 Å². The van der Waals surface area contributed by atoms with Crippen molar-refractivity contribution in [3.05, 3.63) is 0 Å². The van der Waals surface area contributed by atoms with Crippen molar-refractivity contribution in [2.75, 3.05) is 26.9 Å². The predicted molar refractivity (Wildman–Crippen MR) is 263 cm³/mol. The number of ether oxygens (including phenoxy) is 12. The molecule has 0 aromatic carbocycles.